The van der Waals surface area contributed by atoms with Crippen LogP contribution in [0.15, 0.2) is 40.6 Å². The van der Waals surface area contributed by atoms with Gasteiger partial charge in [-0.2, -0.15) is 0 Å². The summed E-state index contributed by atoms with van der Waals surface area (Å²) in [6, 6.07) is 11.6. The van der Waals surface area contributed by atoms with Crippen molar-refractivity contribution in [3.8, 4) is 10.4 Å². The van der Waals surface area contributed by atoms with Gasteiger partial charge < -0.3 is 10.4 Å². The molecule has 3 aromatic rings. The van der Waals surface area contributed by atoms with Gasteiger partial charge in [-0.05, 0) is 80.2 Å². The molecule has 5 N–H and O–H groups in total. The lowest BCUT2D eigenvalue weighted by Gasteiger charge is -2.22. The van der Waals surface area contributed by atoms with E-state index >= 15 is 0 Å². The van der Waals surface area contributed by atoms with Gasteiger partial charge in [0.25, 0.3) is 5.91 Å². The lowest BCUT2D eigenvalue weighted by Crippen LogP contribution is -2.25. The predicted octanol–water partition coefficient (Wildman–Crippen LogP) is 5.15. The molecule has 0 saturated carbocycles. The topological polar surface area (TPSA) is 116 Å². The number of rotatable bonds is 5. The van der Waals surface area contributed by atoms with Crippen molar-refractivity contribution in [2.45, 2.75) is 62.2 Å². The number of hydrogen-bond donors (Lipinski definition) is 4. The highest BCUT2D eigenvalue weighted by Crippen LogP contribution is 2.45. The molecule has 34 heavy (non-hydrogen) atoms. The van der Waals surface area contributed by atoms with Gasteiger partial charge in [0.2, 0.25) is 0 Å². The van der Waals surface area contributed by atoms with E-state index in [-0.39, 0.29) is 9.77 Å². The first-order valence-corrected chi connectivity index (χ1v) is 14.0. The van der Waals surface area contributed by atoms with E-state index in [9.17, 15) is 14.1 Å². The van der Waals surface area contributed by atoms with Crippen LogP contribution in [-0.2, 0) is 41.2 Å². The van der Waals surface area contributed by atoms with Gasteiger partial charge in [-0.15, -0.1) is 11.3 Å². The number of carbonyl (C=O) groups is 1. The Balaban J connectivity index is 1.71. The third kappa shape index (κ3) is 3.98. The smallest absolute Gasteiger partial charge is 0.258 e. The molecule has 178 valence electrons. The third-order valence-electron chi connectivity index (χ3n) is 6.74. The number of nitrogens with two attached hydrogens (primary N) is 1. The molecule has 2 aliphatic rings. The molecule has 8 heteroatoms. The fourth-order valence-electron chi connectivity index (χ4n) is 5.35. The molecule has 2 aromatic carbocycles. The first-order chi connectivity index (χ1) is 16.1. The molecular weight excluding hydrogens is 466 g/mol. The second-order valence-electron chi connectivity index (χ2n) is 9.68. The summed E-state index contributed by atoms with van der Waals surface area (Å²) in [5.41, 5.74) is 5.56. The maximum absolute atomic E-state index is 13.9. The molecule has 2 aliphatic carbocycles. The minimum absolute atomic E-state index is 0.00907. The highest BCUT2D eigenvalue weighted by molar-refractivity contribution is 7.92. The van der Waals surface area contributed by atoms with Crippen LogP contribution in [0.5, 0.6) is 0 Å². The van der Waals surface area contributed by atoms with Crippen LogP contribution in [0.4, 0.5) is 5.69 Å². The monoisotopic (exact) mass is 495 g/mol. The lowest BCUT2D eigenvalue weighted by molar-refractivity contribution is 0.0766. The second-order valence-corrected chi connectivity index (χ2v) is 12.6. The van der Waals surface area contributed by atoms with Crippen LogP contribution in [-0.4, -0.2) is 15.2 Å². The Kier molecular flexibility index (Phi) is 5.67. The maximum Gasteiger partial charge on any atom is 0.258 e. The van der Waals surface area contributed by atoms with Gasteiger partial charge in [0.05, 0.1) is 11.2 Å². The van der Waals surface area contributed by atoms with Gasteiger partial charge in [-0.1, -0.05) is 36.4 Å². The number of aliphatic hydroxyl groups is 1. The van der Waals surface area contributed by atoms with Crippen LogP contribution in [0.1, 0.15) is 64.9 Å². The van der Waals surface area contributed by atoms with E-state index in [0.29, 0.717) is 10.4 Å². The SMILES string of the molecule is CC(C)(O)c1c(-c2ccccc2)sc(S(=N)(N)=O)c1C(=O)Nc1c2c(cc3c1CCC3)CCC2. The van der Waals surface area contributed by atoms with Crippen LogP contribution in [0.3, 0.4) is 0 Å². The van der Waals surface area contributed by atoms with E-state index in [1.165, 1.54) is 22.3 Å². The van der Waals surface area contributed by atoms with Crippen molar-refractivity contribution in [1.29, 1.82) is 4.78 Å². The van der Waals surface area contributed by atoms with Crippen molar-refractivity contribution in [3.05, 3.63) is 69.8 Å². The second kappa shape index (κ2) is 8.30. The number of benzene rings is 2. The number of nitrogens with one attached hydrogen (secondary N) is 2. The van der Waals surface area contributed by atoms with Crippen LogP contribution in [0, 0.1) is 4.78 Å². The van der Waals surface area contributed by atoms with Gasteiger partial charge in [-0.3, -0.25) is 4.79 Å². The van der Waals surface area contributed by atoms with Gasteiger partial charge in [0.15, 0.2) is 0 Å². The molecule has 1 atom stereocenters. The first-order valence-electron chi connectivity index (χ1n) is 11.5. The number of anilines is 1. The summed E-state index contributed by atoms with van der Waals surface area (Å²) < 4.78 is 21.0. The van der Waals surface area contributed by atoms with Crippen molar-refractivity contribution < 1.29 is 14.1 Å². The number of hydrogen-bond acceptors (Lipinski definition) is 5. The molecule has 1 unspecified atom stereocenters. The van der Waals surface area contributed by atoms with Gasteiger partial charge in [0, 0.05) is 16.1 Å². The Labute approximate surface area is 204 Å². The van der Waals surface area contributed by atoms with Crippen molar-refractivity contribution in [3.63, 3.8) is 0 Å². The molecule has 0 fully saturated rings. The largest absolute Gasteiger partial charge is 0.386 e. The Morgan fingerprint density at radius 2 is 1.68 bits per heavy atom. The number of thiophene rings is 1. The molecule has 1 aromatic heterocycles. The Morgan fingerprint density at radius 3 is 2.21 bits per heavy atom. The van der Waals surface area contributed by atoms with Crippen molar-refractivity contribution in [2.75, 3.05) is 5.32 Å². The summed E-state index contributed by atoms with van der Waals surface area (Å²) >= 11 is 1.05. The van der Waals surface area contributed by atoms with E-state index in [0.717, 1.165) is 61.1 Å². The zero-order valence-electron chi connectivity index (χ0n) is 19.4. The minimum Gasteiger partial charge on any atom is -0.386 e. The Morgan fingerprint density at radius 1 is 1.09 bits per heavy atom. The standard InChI is InChI=1S/C26H29N3O3S2/c1-26(2,31)21-20(25(34(27,28)32)33-23(21)15-8-4-3-5-9-15)24(30)29-22-18-12-6-10-16(18)14-17-11-7-13-19(17)22/h3-5,8-9,14,31H,6-7,10-13H2,1-2H3,(H,29,30)(H3,27,28,32). The van der Waals surface area contributed by atoms with Gasteiger partial charge in [0.1, 0.15) is 14.1 Å². The molecule has 0 radical (unpaired) electrons. The van der Waals surface area contributed by atoms with Crippen LogP contribution >= 0.6 is 11.3 Å². The molecule has 5 rings (SSSR count). The molecule has 0 aliphatic heterocycles. The van der Waals surface area contributed by atoms with Crippen LogP contribution in [0.25, 0.3) is 10.4 Å². The average molecular weight is 496 g/mol. The molecule has 6 nitrogen and oxygen atoms in total. The molecular formula is C26H29N3O3S2. The predicted molar refractivity (Wildman–Crippen MR) is 137 cm³/mol. The fourth-order valence-corrected chi connectivity index (χ4v) is 7.78. The third-order valence-corrected chi connectivity index (χ3v) is 9.52. The Bertz CT molecular complexity index is 1370. The summed E-state index contributed by atoms with van der Waals surface area (Å²) in [5.74, 6) is -0.467. The van der Waals surface area contributed by atoms with Crippen molar-refractivity contribution in [1.82, 2.24) is 0 Å². The van der Waals surface area contributed by atoms with E-state index in [1.54, 1.807) is 13.8 Å². The normalized spacial score (nSPS) is 16.7. The van der Waals surface area contributed by atoms with Crippen molar-refractivity contribution >= 4 is 32.8 Å². The lowest BCUT2D eigenvalue weighted by atomic mass is 9.91. The van der Waals surface area contributed by atoms with E-state index in [4.69, 9.17) is 9.92 Å². The molecule has 0 spiro atoms. The Hall–Kier alpha value is -2.52. The van der Waals surface area contributed by atoms with Crippen molar-refractivity contribution in [2.24, 2.45) is 5.14 Å². The van der Waals surface area contributed by atoms with E-state index in [2.05, 4.69) is 11.4 Å². The summed E-state index contributed by atoms with van der Waals surface area (Å²) in [6.07, 6.45) is 5.95. The zero-order valence-corrected chi connectivity index (χ0v) is 21.0. The maximum atomic E-state index is 13.9. The number of aryl methyl sites for hydroxylation is 2. The minimum atomic E-state index is -3.72. The molecule has 1 amide bonds. The quantitative estimate of drug-likeness (QED) is 0.392. The van der Waals surface area contributed by atoms with E-state index < -0.39 is 21.4 Å². The highest BCUT2D eigenvalue weighted by Gasteiger charge is 2.36. The summed E-state index contributed by atoms with van der Waals surface area (Å²) in [4.78, 5) is 14.5. The molecule has 1 heterocycles. The number of carbonyl (C=O) groups excluding carboxylic acids is 1. The summed E-state index contributed by atoms with van der Waals surface area (Å²) in [6.45, 7) is 3.20. The van der Waals surface area contributed by atoms with Crippen LogP contribution < -0.4 is 10.5 Å². The summed E-state index contributed by atoms with van der Waals surface area (Å²) in [7, 11) is -3.72. The first kappa shape index (κ1) is 23.2. The van der Waals surface area contributed by atoms with Crippen LogP contribution in [0.2, 0.25) is 0 Å². The number of amides is 1. The number of fused-ring (bicyclic) bond motifs is 2. The highest BCUT2D eigenvalue weighted by atomic mass is 32.2. The summed E-state index contributed by atoms with van der Waals surface area (Å²) in [5, 5.41) is 20.1. The van der Waals surface area contributed by atoms with Gasteiger partial charge >= 0.3 is 0 Å². The molecule has 0 bridgehead atoms. The van der Waals surface area contributed by atoms with E-state index in [1.807, 2.05) is 30.3 Å². The average Bonchev–Trinajstić information content (AvgIpc) is 3.50. The molecule has 0 saturated heterocycles. The van der Waals surface area contributed by atoms with Gasteiger partial charge in [-0.25, -0.2) is 14.1 Å². The zero-order chi connectivity index (χ0) is 24.3. The fraction of sp³-hybridized carbons (Fsp3) is 0.346.